The number of benzene rings is 1. The smallest absolute Gasteiger partial charge is 0.255 e. The number of anilines is 1. The van der Waals surface area contributed by atoms with Crippen LogP contribution in [0.3, 0.4) is 0 Å². The largest absolute Gasteiger partial charge is 0.486 e. The zero-order valence-corrected chi connectivity index (χ0v) is 16.9. The number of hydrogen-bond acceptors (Lipinski definition) is 5. The van der Waals surface area contributed by atoms with Crippen LogP contribution in [0.4, 0.5) is 5.69 Å². The molecule has 0 aliphatic heterocycles. The second-order valence-corrected chi connectivity index (χ2v) is 6.91. The molecule has 0 radical (unpaired) electrons. The van der Waals surface area contributed by atoms with Crippen LogP contribution >= 0.6 is 0 Å². The van der Waals surface area contributed by atoms with E-state index in [2.05, 4.69) is 20.6 Å². The number of nitrogens with zero attached hydrogens (tertiary/aromatic N) is 3. The number of fused-ring (bicyclic) bond motifs is 1. The molecule has 0 saturated carbocycles. The average Bonchev–Trinajstić information content (AvgIpc) is 3.21. The van der Waals surface area contributed by atoms with Crippen molar-refractivity contribution in [2.24, 2.45) is 0 Å². The number of para-hydroxylation sites is 1. The van der Waals surface area contributed by atoms with Gasteiger partial charge in [0.15, 0.2) is 0 Å². The molecule has 2 amide bonds. The van der Waals surface area contributed by atoms with Crippen molar-refractivity contribution in [3.05, 3.63) is 90.1 Å². The lowest BCUT2D eigenvalue weighted by atomic mass is 10.2. The lowest BCUT2D eigenvalue weighted by Gasteiger charge is -2.11. The Hall–Kier alpha value is -4.20. The standard InChI is InChI=1S/C23H21N5O3/c1-16-6-5-11-28-14-18(27-22(16)28)15-31-20-9-3-2-8-19(20)23(30)25-13-21(29)26-17-7-4-10-24-12-17/h2-12,14H,13,15H2,1H3,(H,25,30)(H,26,29). The number of carbonyl (C=O) groups excluding carboxylic acids is 2. The van der Waals surface area contributed by atoms with Crippen molar-refractivity contribution in [1.29, 1.82) is 0 Å². The highest BCUT2D eigenvalue weighted by Crippen LogP contribution is 2.20. The van der Waals surface area contributed by atoms with Crippen molar-refractivity contribution in [2.45, 2.75) is 13.5 Å². The second-order valence-electron chi connectivity index (χ2n) is 6.91. The Morgan fingerprint density at radius 2 is 1.97 bits per heavy atom. The number of amides is 2. The van der Waals surface area contributed by atoms with E-state index in [1.807, 2.05) is 35.9 Å². The number of hydrogen-bond donors (Lipinski definition) is 2. The molecule has 4 aromatic rings. The van der Waals surface area contributed by atoms with Gasteiger partial charge in [0.25, 0.3) is 5.91 Å². The molecule has 0 aliphatic carbocycles. The maximum Gasteiger partial charge on any atom is 0.255 e. The minimum absolute atomic E-state index is 0.173. The fourth-order valence-corrected chi connectivity index (χ4v) is 3.10. The predicted molar refractivity (Wildman–Crippen MR) is 116 cm³/mol. The zero-order valence-electron chi connectivity index (χ0n) is 16.9. The van der Waals surface area contributed by atoms with E-state index in [9.17, 15) is 9.59 Å². The molecule has 2 N–H and O–H groups in total. The van der Waals surface area contributed by atoms with Gasteiger partial charge in [-0.15, -0.1) is 0 Å². The maximum absolute atomic E-state index is 12.6. The van der Waals surface area contributed by atoms with Crippen molar-refractivity contribution < 1.29 is 14.3 Å². The Morgan fingerprint density at radius 1 is 1.10 bits per heavy atom. The third-order valence-corrected chi connectivity index (χ3v) is 4.59. The van der Waals surface area contributed by atoms with E-state index in [1.165, 1.54) is 6.20 Å². The summed E-state index contributed by atoms with van der Waals surface area (Å²) in [7, 11) is 0. The van der Waals surface area contributed by atoms with Gasteiger partial charge in [-0.2, -0.15) is 0 Å². The Bertz CT molecular complexity index is 1220. The van der Waals surface area contributed by atoms with Crippen molar-refractivity contribution in [1.82, 2.24) is 19.7 Å². The van der Waals surface area contributed by atoms with Crippen LogP contribution in [-0.2, 0) is 11.4 Å². The van der Waals surface area contributed by atoms with E-state index in [4.69, 9.17) is 4.74 Å². The highest BCUT2D eigenvalue weighted by molar-refractivity contribution is 6.00. The highest BCUT2D eigenvalue weighted by atomic mass is 16.5. The molecule has 31 heavy (non-hydrogen) atoms. The normalized spacial score (nSPS) is 10.6. The number of pyridine rings is 2. The molecule has 0 spiro atoms. The molecule has 0 bridgehead atoms. The molecule has 0 unspecified atom stereocenters. The first kappa shape index (κ1) is 20.1. The Balaban J connectivity index is 1.38. The number of imidazole rings is 1. The first-order valence-corrected chi connectivity index (χ1v) is 9.73. The summed E-state index contributed by atoms with van der Waals surface area (Å²) in [6.45, 7) is 2.04. The molecule has 3 aromatic heterocycles. The van der Waals surface area contributed by atoms with E-state index < -0.39 is 5.91 Å². The van der Waals surface area contributed by atoms with Gasteiger partial charge in [-0.3, -0.25) is 14.6 Å². The van der Waals surface area contributed by atoms with Gasteiger partial charge in [-0.1, -0.05) is 18.2 Å². The first-order valence-electron chi connectivity index (χ1n) is 9.73. The minimum atomic E-state index is -0.400. The van der Waals surface area contributed by atoms with Gasteiger partial charge < -0.3 is 19.8 Å². The molecular formula is C23H21N5O3. The summed E-state index contributed by atoms with van der Waals surface area (Å²) < 4.78 is 7.81. The number of ether oxygens (including phenoxy) is 1. The molecule has 156 valence electrons. The summed E-state index contributed by atoms with van der Waals surface area (Å²) >= 11 is 0. The number of carbonyl (C=O) groups is 2. The zero-order chi connectivity index (χ0) is 21.6. The van der Waals surface area contributed by atoms with Crippen molar-refractivity contribution in [2.75, 3.05) is 11.9 Å². The molecule has 0 atom stereocenters. The van der Waals surface area contributed by atoms with Crippen LogP contribution in [0.1, 0.15) is 21.6 Å². The average molecular weight is 415 g/mol. The van der Waals surface area contributed by atoms with E-state index in [0.717, 1.165) is 16.9 Å². The van der Waals surface area contributed by atoms with Crippen LogP contribution < -0.4 is 15.4 Å². The molecule has 0 fully saturated rings. The van der Waals surface area contributed by atoms with Crippen LogP contribution in [0.2, 0.25) is 0 Å². The number of aromatic nitrogens is 3. The molecule has 8 nitrogen and oxygen atoms in total. The summed E-state index contributed by atoms with van der Waals surface area (Å²) in [4.78, 5) is 33.2. The molecule has 4 rings (SSSR count). The van der Waals surface area contributed by atoms with E-state index in [-0.39, 0.29) is 19.1 Å². The van der Waals surface area contributed by atoms with Gasteiger partial charge in [0.1, 0.15) is 18.0 Å². The monoisotopic (exact) mass is 415 g/mol. The Morgan fingerprint density at radius 3 is 2.77 bits per heavy atom. The summed E-state index contributed by atoms with van der Waals surface area (Å²) in [5.74, 6) is -0.330. The van der Waals surface area contributed by atoms with Gasteiger partial charge in [-0.05, 0) is 42.8 Å². The molecule has 3 heterocycles. The molecule has 1 aromatic carbocycles. The van der Waals surface area contributed by atoms with E-state index in [0.29, 0.717) is 17.0 Å². The maximum atomic E-state index is 12.6. The molecular weight excluding hydrogens is 394 g/mol. The summed E-state index contributed by atoms with van der Waals surface area (Å²) in [6.07, 6.45) is 6.97. The first-order chi connectivity index (χ1) is 15.1. The summed E-state index contributed by atoms with van der Waals surface area (Å²) in [5, 5.41) is 5.28. The van der Waals surface area contributed by atoms with Crippen LogP contribution in [0.15, 0.2) is 73.3 Å². The van der Waals surface area contributed by atoms with E-state index >= 15 is 0 Å². The summed E-state index contributed by atoms with van der Waals surface area (Å²) in [5.41, 5.74) is 3.59. The van der Waals surface area contributed by atoms with Crippen LogP contribution in [-0.4, -0.2) is 32.7 Å². The van der Waals surface area contributed by atoms with Gasteiger partial charge in [0.2, 0.25) is 5.91 Å². The van der Waals surface area contributed by atoms with Gasteiger partial charge in [-0.25, -0.2) is 4.98 Å². The lowest BCUT2D eigenvalue weighted by Crippen LogP contribution is -2.33. The molecule has 0 saturated heterocycles. The van der Waals surface area contributed by atoms with Gasteiger partial charge in [0.05, 0.1) is 29.7 Å². The quantitative estimate of drug-likeness (QED) is 0.484. The SMILES string of the molecule is Cc1cccn2cc(COc3ccccc3C(=O)NCC(=O)Nc3cccnc3)nc12. The summed E-state index contributed by atoms with van der Waals surface area (Å²) in [6, 6.07) is 14.3. The predicted octanol–water partition coefficient (Wildman–Crippen LogP) is 2.99. The third kappa shape index (κ3) is 4.87. The van der Waals surface area contributed by atoms with Gasteiger partial charge >= 0.3 is 0 Å². The third-order valence-electron chi connectivity index (χ3n) is 4.59. The van der Waals surface area contributed by atoms with Crippen LogP contribution in [0.25, 0.3) is 5.65 Å². The highest BCUT2D eigenvalue weighted by Gasteiger charge is 2.14. The lowest BCUT2D eigenvalue weighted by molar-refractivity contribution is -0.115. The molecule has 8 heteroatoms. The Kier molecular flexibility index (Phi) is 5.89. The van der Waals surface area contributed by atoms with E-state index in [1.54, 1.807) is 42.6 Å². The van der Waals surface area contributed by atoms with Gasteiger partial charge in [0, 0.05) is 18.6 Å². The van der Waals surface area contributed by atoms with Crippen molar-refractivity contribution in [3.8, 4) is 5.75 Å². The molecule has 0 aliphatic rings. The fraction of sp³-hybridized carbons (Fsp3) is 0.130. The fourth-order valence-electron chi connectivity index (χ4n) is 3.10. The second kappa shape index (κ2) is 9.08. The minimum Gasteiger partial charge on any atom is -0.486 e. The number of rotatable bonds is 7. The number of aryl methyl sites for hydroxylation is 1. The Labute approximate surface area is 178 Å². The topological polar surface area (TPSA) is 97.6 Å². The van der Waals surface area contributed by atoms with Crippen LogP contribution in [0, 0.1) is 6.92 Å². The van der Waals surface area contributed by atoms with Crippen molar-refractivity contribution >= 4 is 23.1 Å². The van der Waals surface area contributed by atoms with Crippen LogP contribution in [0.5, 0.6) is 5.75 Å². The number of nitrogens with one attached hydrogen (secondary N) is 2. The van der Waals surface area contributed by atoms with Crippen molar-refractivity contribution in [3.63, 3.8) is 0 Å².